The van der Waals surface area contributed by atoms with E-state index in [-0.39, 0.29) is 0 Å². The van der Waals surface area contributed by atoms with Crippen LogP contribution in [0.3, 0.4) is 0 Å². The monoisotopic (exact) mass is 222 g/mol. The minimum Gasteiger partial charge on any atom is -0.387 e. The van der Waals surface area contributed by atoms with Crippen molar-refractivity contribution in [3.05, 3.63) is 17.8 Å². The number of nitrogens with zero attached hydrogens (tertiary/aromatic N) is 2. The molecular formula is C12H22N4. The Morgan fingerprint density at radius 1 is 1.38 bits per heavy atom. The van der Waals surface area contributed by atoms with Gasteiger partial charge in [0, 0.05) is 13.6 Å². The fourth-order valence-electron chi connectivity index (χ4n) is 1.68. The summed E-state index contributed by atoms with van der Waals surface area (Å²) in [7, 11) is 1.89. The maximum Gasteiger partial charge on any atom is 0.126 e. The van der Waals surface area contributed by atoms with E-state index >= 15 is 0 Å². The van der Waals surface area contributed by atoms with Crippen LogP contribution in [0.25, 0.3) is 0 Å². The second-order valence-corrected chi connectivity index (χ2v) is 3.80. The van der Waals surface area contributed by atoms with Crippen LogP contribution in [-0.2, 0) is 6.42 Å². The Balaban J connectivity index is 2.65. The third kappa shape index (κ3) is 3.38. The Kier molecular flexibility index (Phi) is 5.05. The summed E-state index contributed by atoms with van der Waals surface area (Å²) in [5, 5.41) is 3.08. The van der Waals surface area contributed by atoms with Crippen molar-refractivity contribution in [2.24, 2.45) is 0 Å². The number of anilines is 2. The smallest absolute Gasteiger partial charge is 0.126 e. The molecule has 0 saturated heterocycles. The Labute approximate surface area is 97.9 Å². The van der Waals surface area contributed by atoms with Crippen molar-refractivity contribution >= 4 is 11.5 Å². The van der Waals surface area contributed by atoms with E-state index in [0.29, 0.717) is 5.82 Å². The van der Waals surface area contributed by atoms with Crippen LogP contribution in [0, 0.1) is 0 Å². The van der Waals surface area contributed by atoms with E-state index in [4.69, 9.17) is 5.73 Å². The topological polar surface area (TPSA) is 54.2 Å². The minimum atomic E-state index is 0.645. The molecule has 0 atom stereocenters. The molecule has 0 saturated carbocycles. The lowest BCUT2D eigenvalue weighted by Crippen LogP contribution is -2.25. The lowest BCUT2D eigenvalue weighted by atomic mass is 10.1. The molecule has 0 unspecified atom stereocenters. The molecule has 0 aromatic carbocycles. The highest BCUT2D eigenvalue weighted by molar-refractivity contribution is 5.51. The van der Waals surface area contributed by atoms with Crippen molar-refractivity contribution in [3.63, 3.8) is 0 Å². The van der Waals surface area contributed by atoms with Crippen LogP contribution in [0.15, 0.2) is 12.3 Å². The Hall–Kier alpha value is -1.29. The van der Waals surface area contributed by atoms with Crippen LogP contribution < -0.4 is 11.1 Å². The molecule has 0 aliphatic heterocycles. The number of hydrogen-bond acceptors (Lipinski definition) is 4. The largest absolute Gasteiger partial charge is 0.387 e. The summed E-state index contributed by atoms with van der Waals surface area (Å²) < 4.78 is 0. The van der Waals surface area contributed by atoms with Gasteiger partial charge in [0.25, 0.3) is 0 Å². The summed E-state index contributed by atoms with van der Waals surface area (Å²) in [4.78, 5) is 6.56. The number of aromatic nitrogens is 1. The molecule has 1 heterocycles. The summed E-state index contributed by atoms with van der Waals surface area (Å²) >= 11 is 0. The van der Waals surface area contributed by atoms with Gasteiger partial charge in [0.1, 0.15) is 5.82 Å². The molecule has 90 valence electrons. The first-order valence-corrected chi connectivity index (χ1v) is 5.85. The number of rotatable bonds is 6. The van der Waals surface area contributed by atoms with E-state index in [2.05, 4.69) is 35.1 Å². The molecule has 0 radical (unpaired) electrons. The van der Waals surface area contributed by atoms with Crippen LogP contribution >= 0.6 is 0 Å². The number of nitrogens with one attached hydrogen (secondary N) is 1. The molecule has 16 heavy (non-hydrogen) atoms. The van der Waals surface area contributed by atoms with E-state index in [9.17, 15) is 0 Å². The van der Waals surface area contributed by atoms with E-state index in [1.807, 2.05) is 7.05 Å². The average Bonchev–Trinajstić information content (AvgIpc) is 2.32. The third-order valence-corrected chi connectivity index (χ3v) is 2.88. The van der Waals surface area contributed by atoms with Gasteiger partial charge in [0.2, 0.25) is 0 Å². The number of likely N-dealkylation sites (N-methyl/N-ethyl adjacent to an activating group) is 1. The van der Waals surface area contributed by atoms with Gasteiger partial charge >= 0.3 is 0 Å². The van der Waals surface area contributed by atoms with Crippen molar-refractivity contribution in [1.29, 1.82) is 0 Å². The van der Waals surface area contributed by atoms with Gasteiger partial charge in [-0.15, -0.1) is 0 Å². The van der Waals surface area contributed by atoms with Crippen LogP contribution in [0.5, 0.6) is 0 Å². The normalized spacial score (nSPS) is 10.8. The fourth-order valence-corrected chi connectivity index (χ4v) is 1.68. The molecular weight excluding hydrogens is 200 g/mol. The molecule has 0 aliphatic carbocycles. The summed E-state index contributed by atoms with van der Waals surface area (Å²) in [5.74, 6) is 0.645. The quantitative estimate of drug-likeness (QED) is 0.767. The molecule has 1 rings (SSSR count). The summed E-state index contributed by atoms with van der Waals surface area (Å²) in [6.45, 7) is 7.54. The SMILES string of the molecule is CCN(CC)CCc1cc(NC)cnc1N. The second-order valence-electron chi connectivity index (χ2n) is 3.80. The van der Waals surface area contributed by atoms with E-state index in [1.54, 1.807) is 6.20 Å². The van der Waals surface area contributed by atoms with Gasteiger partial charge in [-0.3, -0.25) is 0 Å². The van der Waals surface area contributed by atoms with E-state index in [0.717, 1.165) is 37.3 Å². The predicted octanol–water partition coefficient (Wildman–Crippen LogP) is 1.59. The maximum absolute atomic E-state index is 5.86. The van der Waals surface area contributed by atoms with Gasteiger partial charge in [-0.2, -0.15) is 0 Å². The molecule has 0 fully saturated rings. The molecule has 1 aromatic rings. The number of pyridine rings is 1. The average molecular weight is 222 g/mol. The van der Waals surface area contributed by atoms with E-state index in [1.165, 1.54) is 0 Å². The summed E-state index contributed by atoms with van der Waals surface area (Å²) in [6.07, 6.45) is 2.71. The van der Waals surface area contributed by atoms with Crippen molar-refractivity contribution in [1.82, 2.24) is 9.88 Å². The van der Waals surface area contributed by atoms with Crippen LogP contribution in [-0.4, -0.2) is 36.6 Å². The van der Waals surface area contributed by atoms with Gasteiger partial charge in [-0.1, -0.05) is 13.8 Å². The Bertz CT molecular complexity index is 321. The molecule has 4 nitrogen and oxygen atoms in total. The van der Waals surface area contributed by atoms with Gasteiger partial charge in [-0.05, 0) is 31.1 Å². The van der Waals surface area contributed by atoms with Crippen molar-refractivity contribution in [2.45, 2.75) is 20.3 Å². The lowest BCUT2D eigenvalue weighted by molar-refractivity contribution is 0.308. The van der Waals surface area contributed by atoms with Gasteiger partial charge in [-0.25, -0.2) is 4.98 Å². The molecule has 0 bridgehead atoms. The number of nitrogens with two attached hydrogens (primary N) is 1. The Morgan fingerprint density at radius 3 is 2.62 bits per heavy atom. The first-order chi connectivity index (χ1) is 7.71. The zero-order valence-electron chi connectivity index (χ0n) is 10.5. The van der Waals surface area contributed by atoms with Crippen LogP contribution in [0.4, 0.5) is 11.5 Å². The predicted molar refractivity (Wildman–Crippen MR) is 69.7 cm³/mol. The molecule has 0 amide bonds. The Morgan fingerprint density at radius 2 is 2.06 bits per heavy atom. The molecule has 0 aliphatic rings. The molecule has 0 spiro atoms. The molecule has 1 aromatic heterocycles. The van der Waals surface area contributed by atoms with Gasteiger partial charge in [0.15, 0.2) is 0 Å². The first kappa shape index (κ1) is 12.8. The van der Waals surface area contributed by atoms with E-state index < -0.39 is 0 Å². The maximum atomic E-state index is 5.86. The summed E-state index contributed by atoms with van der Waals surface area (Å²) in [5.41, 5.74) is 8.00. The van der Waals surface area contributed by atoms with Gasteiger partial charge < -0.3 is 16.0 Å². The second kappa shape index (κ2) is 6.33. The zero-order valence-corrected chi connectivity index (χ0v) is 10.5. The highest BCUT2D eigenvalue weighted by atomic mass is 15.1. The lowest BCUT2D eigenvalue weighted by Gasteiger charge is -2.18. The van der Waals surface area contributed by atoms with Crippen molar-refractivity contribution < 1.29 is 0 Å². The van der Waals surface area contributed by atoms with Crippen LogP contribution in [0.1, 0.15) is 19.4 Å². The molecule has 4 heteroatoms. The minimum absolute atomic E-state index is 0.645. The standard InChI is InChI=1S/C12H22N4/c1-4-16(5-2)7-6-10-8-11(14-3)9-15-12(10)13/h8-9,14H,4-7H2,1-3H3,(H2,13,15). The molecule has 3 N–H and O–H groups in total. The number of nitrogen functional groups attached to an aromatic ring is 1. The van der Waals surface area contributed by atoms with Crippen molar-refractivity contribution in [3.8, 4) is 0 Å². The number of hydrogen-bond donors (Lipinski definition) is 2. The van der Waals surface area contributed by atoms with Gasteiger partial charge in [0.05, 0.1) is 11.9 Å². The summed E-state index contributed by atoms with van der Waals surface area (Å²) in [6, 6.07) is 2.08. The fraction of sp³-hybridized carbons (Fsp3) is 0.583. The zero-order chi connectivity index (χ0) is 12.0. The highest BCUT2D eigenvalue weighted by Crippen LogP contribution is 2.15. The first-order valence-electron chi connectivity index (χ1n) is 5.85. The highest BCUT2D eigenvalue weighted by Gasteiger charge is 2.04. The van der Waals surface area contributed by atoms with Crippen molar-refractivity contribution in [2.75, 3.05) is 37.7 Å². The van der Waals surface area contributed by atoms with Crippen LogP contribution in [0.2, 0.25) is 0 Å². The third-order valence-electron chi connectivity index (χ3n) is 2.88.